The first-order chi connectivity index (χ1) is 34.0. The third kappa shape index (κ3) is 55.6. The van der Waals surface area contributed by atoms with E-state index in [1.165, 1.54) is 173 Å². The number of rotatable bonds is 53. The van der Waals surface area contributed by atoms with Crippen LogP contribution in [0.3, 0.4) is 0 Å². The second kappa shape index (κ2) is 57.4. The summed E-state index contributed by atoms with van der Waals surface area (Å²) in [5.41, 5.74) is 0. The van der Waals surface area contributed by atoms with E-state index in [-0.39, 0.29) is 37.5 Å². The quantitative estimate of drug-likeness (QED) is 0.0262. The summed E-state index contributed by atoms with van der Waals surface area (Å²) in [5.74, 6) is -0.967. The van der Waals surface area contributed by atoms with Crippen LogP contribution in [0.5, 0.6) is 0 Å². The predicted octanol–water partition coefficient (Wildman–Crippen LogP) is 19.8. The Kier molecular flexibility index (Phi) is 54.8. The zero-order valence-electron chi connectivity index (χ0n) is 45.6. The van der Waals surface area contributed by atoms with E-state index in [0.29, 0.717) is 19.3 Å². The average Bonchev–Trinajstić information content (AvgIpc) is 3.35. The van der Waals surface area contributed by atoms with Crippen molar-refractivity contribution in [1.82, 2.24) is 0 Å². The molecular weight excluding hydrogens is 853 g/mol. The lowest BCUT2D eigenvalue weighted by atomic mass is 10.1. The van der Waals surface area contributed by atoms with Crippen molar-refractivity contribution < 1.29 is 28.6 Å². The van der Waals surface area contributed by atoms with Crippen molar-refractivity contribution in [2.45, 2.75) is 297 Å². The summed E-state index contributed by atoms with van der Waals surface area (Å²) in [6, 6.07) is 0. The van der Waals surface area contributed by atoms with E-state index in [4.69, 9.17) is 14.2 Å². The van der Waals surface area contributed by atoms with Crippen molar-refractivity contribution in [3.05, 3.63) is 72.9 Å². The first-order valence-corrected chi connectivity index (χ1v) is 29.4. The van der Waals surface area contributed by atoms with Crippen molar-refractivity contribution in [2.24, 2.45) is 0 Å². The van der Waals surface area contributed by atoms with Crippen LogP contribution in [0.4, 0.5) is 0 Å². The van der Waals surface area contributed by atoms with E-state index in [0.717, 1.165) is 70.6 Å². The molecule has 0 bridgehead atoms. The van der Waals surface area contributed by atoms with Gasteiger partial charge in [0.2, 0.25) is 0 Å². The van der Waals surface area contributed by atoms with Crippen molar-refractivity contribution in [1.29, 1.82) is 0 Å². The SMILES string of the molecule is CC/C=C\C/C=C\C/C=C\CCCCCCCCCCCC(=O)OCC(COC(=O)CC/C=C\C/C=C\CCCCCCCC)OC(=O)CCCCCCCCC/C=C\CCCCCCCCCC. The molecule has 0 heterocycles. The minimum Gasteiger partial charge on any atom is -0.462 e. The predicted molar refractivity (Wildman–Crippen MR) is 298 cm³/mol. The lowest BCUT2D eigenvalue weighted by molar-refractivity contribution is -0.166. The number of ether oxygens (including phenoxy) is 3. The molecule has 69 heavy (non-hydrogen) atoms. The van der Waals surface area contributed by atoms with Gasteiger partial charge in [-0.25, -0.2) is 0 Å². The Hall–Kier alpha value is -3.15. The Morgan fingerprint density at radius 3 is 0.986 bits per heavy atom. The van der Waals surface area contributed by atoms with Crippen LogP contribution in [0.2, 0.25) is 0 Å². The van der Waals surface area contributed by atoms with E-state index < -0.39 is 6.10 Å². The number of carbonyl (C=O) groups is 3. The summed E-state index contributed by atoms with van der Waals surface area (Å²) in [7, 11) is 0. The number of hydrogen-bond donors (Lipinski definition) is 0. The normalized spacial score (nSPS) is 12.6. The molecule has 0 N–H and O–H groups in total. The molecule has 0 aromatic rings. The van der Waals surface area contributed by atoms with Gasteiger partial charge >= 0.3 is 17.9 Å². The molecule has 0 spiro atoms. The Bertz CT molecular complexity index is 1290. The third-order valence-corrected chi connectivity index (χ3v) is 12.7. The fourth-order valence-corrected chi connectivity index (χ4v) is 8.27. The first kappa shape index (κ1) is 65.8. The van der Waals surface area contributed by atoms with Crippen LogP contribution in [-0.2, 0) is 28.6 Å². The molecule has 0 saturated carbocycles. The van der Waals surface area contributed by atoms with Crippen LogP contribution in [0.25, 0.3) is 0 Å². The van der Waals surface area contributed by atoms with Gasteiger partial charge in [0.25, 0.3) is 0 Å². The van der Waals surface area contributed by atoms with Gasteiger partial charge in [-0.2, -0.15) is 0 Å². The van der Waals surface area contributed by atoms with Gasteiger partial charge in [0.1, 0.15) is 13.2 Å². The second-order valence-electron chi connectivity index (χ2n) is 19.5. The van der Waals surface area contributed by atoms with Gasteiger partial charge in [-0.15, -0.1) is 0 Å². The van der Waals surface area contributed by atoms with Gasteiger partial charge in [-0.1, -0.05) is 248 Å². The summed E-state index contributed by atoms with van der Waals surface area (Å²) in [5, 5.41) is 0. The summed E-state index contributed by atoms with van der Waals surface area (Å²) in [6.07, 6.45) is 73.4. The Labute approximate surface area is 427 Å². The molecule has 1 unspecified atom stereocenters. The maximum absolute atomic E-state index is 12.9. The molecule has 398 valence electrons. The molecule has 0 saturated heterocycles. The van der Waals surface area contributed by atoms with E-state index >= 15 is 0 Å². The molecular formula is C63H110O6. The smallest absolute Gasteiger partial charge is 0.306 e. The van der Waals surface area contributed by atoms with Crippen LogP contribution in [0.15, 0.2) is 72.9 Å². The monoisotopic (exact) mass is 963 g/mol. The number of unbranched alkanes of at least 4 members (excludes halogenated alkanes) is 30. The lowest BCUT2D eigenvalue weighted by Gasteiger charge is -2.18. The fraction of sp³-hybridized carbons (Fsp3) is 0.762. The Morgan fingerprint density at radius 1 is 0.304 bits per heavy atom. The number of esters is 3. The van der Waals surface area contributed by atoms with Crippen LogP contribution in [0, 0.1) is 0 Å². The van der Waals surface area contributed by atoms with Gasteiger partial charge in [-0.3, -0.25) is 14.4 Å². The molecule has 0 rings (SSSR count). The molecule has 6 heteroatoms. The highest BCUT2D eigenvalue weighted by Gasteiger charge is 2.19. The van der Waals surface area contributed by atoms with E-state index in [1.807, 2.05) is 6.08 Å². The minimum atomic E-state index is -0.803. The zero-order valence-corrected chi connectivity index (χ0v) is 45.6. The average molecular weight is 964 g/mol. The lowest BCUT2D eigenvalue weighted by Crippen LogP contribution is -2.30. The fourth-order valence-electron chi connectivity index (χ4n) is 8.27. The van der Waals surface area contributed by atoms with Crippen LogP contribution < -0.4 is 0 Å². The molecule has 0 amide bonds. The summed E-state index contributed by atoms with van der Waals surface area (Å²) >= 11 is 0. The van der Waals surface area contributed by atoms with E-state index in [1.54, 1.807) is 0 Å². The minimum absolute atomic E-state index is 0.0962. The maximum Gasteiger partial charge on any atom is 0.306 e. The largest absolute Gasteiger partial charge is 0.462 e. The topological polar surface area (TPSA) is 78.9 Å². The van der Waals surface area contributed by atoms with Crippen LogP contribution >= 0.6 is 0 Å². The Balaban J connectivity index is 4.40. The van der Waals surface area contributed by atoms with Crippen molar-refractivity contribution in [3.8, 4) is 0 Å². The number of allylic oxidation sites excluding steroid dienone is 12. The molecule has 0 radical (unpaired) electrons. The standard InChI is InChI=1S/C63H110O6/c1-4-7-10-13-16-19-22-25-27-29-31-33-35-38-41-44-47-50-53-56-62(65)68-59-60(58-67-61(64)55-52-49-46-43-40-37-24-21-18-15-12-9-6-3)69-63(66)57-54-51-48-45-42-39-36-34-32-30-28-26-23-20-17-14-11-8-5-2/h7,10,16,19,25,27,30,32,37,40,46,49,60H,4-6,8-9,11-15,17-18,20-24,26,28-29,31,33-36,38-39,41-45,47-48,50-59H2,1-3H3/b10-7-,19-16-,27-25-,32-30-,40-37-,49-46-. The number of carbonyl (C=O) groups excluding carboxylic acids is 3. The number of hydrogen-bond acceptors (Lipinski definition) is 6. The van der Waals surface area contributed by atoms with Gasteiger partial charge < -0.3 is 14.2 Å². The maximum atomic E-state index is 12.9. The molecule has 0 aliphatic carbocycles. The molecule has 0 aromatic heterocycles. The van der Waals surface area contributed by atoms with Crippen molar-refractivity contribution in [2.75, 3.05) is 13.2 Å². The second-order valence-corrected chi connectivity index (χ2v) is 19.5. The van der Waals surface area contributed by atoms with Crippen molar-refractivity contribution in [3.63, 3.8) is 0 Å². The van der Waals surface area contributed by atoms with E-state index in [2.05, 4.69) is 87.6 Å². The molecule has 0 aromatic carbocycles. The van der Waals surface area contributed by atoms with Crippen LogP contribution in [-0.4, -0.2) is 37.2 Å². The van der Waals surface area contributed by atoms with E-state index in [9.17, 15) is 14.4 Å². The molecule has 6 nitrogen and oxygen atoms in total. The highest BCUT2D eigenvalue weighted by Crippen LogP contribution is 2.15. The van der Waals surface area contributed by atoms with Gasteiger partial charge in [-0.05, 0) is 96.3 Å². The van der Waals surface area contributed by atoms with Gasteiger partial charge in [0.05, 0.1) is 0 Å². The molecule has 0 aliphatic rings. The molecule has 0 fully saturated rings. The summed E-state index contributed by atoms with van der Waals surface area (Å²) in [6.45, 7) is 6.48. The van der Waals surface area contributed by atoms with Crippen molar-refractivity contribution >= 4 is 17.9 Å². The highest BCUT2D eigenvalue weighted by molar-refractivity contribution is 5.71. The van der Waals surface area contributed by atoms with Gasteiger partial charge in [0, 0.05) is 19.3 Å². The molecule has 0 aliphatic heterocycles. The Morgan fingerprint density at radius 2 is 0.594 bits per heavy atom. The third-order valence-electron chi connectivity index (χ3n) is 12.7. The zero-order chi connectivity index (χ0) is 50.0. The van der Waals surface area contributed by atoms with Gasteiger partial charge in [0.15, 0.2) is 6.10 Å². The summed E-state index contributed by atoms with van der Waals surface area (Å²) in [4.78, 5) is 38.1. The highest BCUT2D eigenvalue weighted by atomic mass is 16.6. The summed E-state index contributed by atoms with van der Waals surface area (Å²) < 4.78 is 16.8. The molecule has 1 atom stereocenters. The first-order valence-electron chi connectivity index (χ1n) is 29.4. The van der Waals surface area contributed by atoms with Crippen LogP contribution in [0.1, 0.15) is 290 Å².